The predicted molar refractivity (Wildman–Crippen MR) is 97.6 cm³/mol. The molecular formula is C15H16N6O3S2. The van der Waals surface area contributed by atoms with Crippen molar-refractivity contribution in [1.82, 2.24) is 25.0 Å². The van der Waals surface area contributed by atoms with Gasteiger partial charge in [-0.3, -0.25) is 10.1 Å². The van der Waals surface area contributed by atoms with Crippen LogP contribution in [0.4, 0.5) is 5.13 Å². The van der Waals surface area contributed by atoms with E-state index in [1.165, 1.54) is 23.1 Å². The number of aromatic nitrogens is 5. The van der Waals surface area contributed by atoms with Gasteiger partial charge in [0, 0.05) is 7.05 Å². The molecule has 1 aromatic carbocycles. The molecule has 1 N–H and O–H groups in total. The summed E-state index contributed by atoms with van der Waals surface area (Å²) in [5.74, 6) is 2.16. The van der Waals surface area contributed by atoms with Gasteiger partial charge < -0.3 is 14.0 Å². The van der Waals surface area contributed by atoms with E-state index in [1.807, 2.05) is 31.3 Å². The highest BCUT2D eigenvalue weighted by molar-refractivity contribution is 7.99. The zero-order chi connectivity index (χ0) is 18.4. The van der Waals surface area contributed by atoms with E-state index in [0.29, 0.717) is 21.9 Å². The van der Waals surface area contributed by atoms with Crippen LogP contribution in [0.5, 0.6) is 11.5 Å². The summed E-state index contributed by atoms with van der Waals surface area (Å²) in [6.07, 6.45) is 0. The average molecular weight is 392 g/mol. The van der Waals surface area contributed by atoms with Crippen LogP contribution in [0.1, 0.15) is 5.82 Å². The van der Waals surface area contributed by atoms with Gasteiger partial charge in [0.2, 0.25) is 11.0 Å². The molecule has 0 aliphatic carbocycles. The highest BCUT2D eigenvalue weighted by Gasteiger charge is 2.13. The number of nitrogens with zero attached hydrogens (tertiary/aromatic N) is 5. The van der Waals surface area contributed by atoms with Crippen LogP contribution in [0, 0.1) is 0 Å². The summed E-state index contributed by atoms with van der Waals surface area (Å²) >= 11 is 2.55. The lowest BCUT2D eigenvalue weighted by Crippen LogP contribution is -2.14. The second kappa shape index (κ2) is 8.63. The van der Waals surface area contributed by atoms with Crippen molar-refractivity contribution in [2.24, 2.45) is 7.05 Å². The molecule has 26 heavy (non-hydrogen) atoms. The lowest BCUT2D eigenvalue weighted by atomic mass is 10.3. The Balaban J connectivity index is 1.51. The van der Waals surface area contributed by atoms with Crippen molar-refractivity contribution in [2.45, 2.75) is 11.8 Å². The third-order valence-electron chi connectivity index (χ3n) is 3.29. The third kappa shape index (κ3) is 4.70. The number of rotatable bonds is 8. The van der Waals surface area contributed by atoms with E-state index in [-0.39, 0.29) is 18.3 Å². The zero-order valence-electron chi connectivity index (χ0n) is 14.1. The monoisotopic (exact) mass is 392 g/mol. The summed E-state index contributed by atoms with van der Waals surface area (Å²) in [6, 6.07) is 7.29. The van der Waals surface area contributed by atoms with Crippen LogP contribution in [0.15, 0.2) is 34.9 Å². The lowest BCUT2D eigenvalue weighted by Gasteiger charge is -2.07. The van der Waals surface area contributed by atoms with Gasteiger partial charge >= 0.3 is 0 Å². The van der Waals surface area contributed by atoms with Gasteiger partial charge in [-0.05, 0) is 24.3 Å². The van der Waals surface area contributed by atoms with Crippen molar-refractivity contribution in [3.05, 3.63) is 35.6 Å². The van der Waals surface area contributed by atoms with Gasteiger partial charge in [-0.25, -0.2) is 0 Å². The standard InChI is InChI=1S/C15H16N6O3S2/c1-21-12(7-24-11-5-3-10(23-2)4-6-11)18-20-15(21)25-8-13(22)17-14-19-16-9-26-14/h3-6,9H,7-8H2,1-2H3,(H,17,19,22). The van der Waals surface area contributed by atoms with E-state index in [4.69, 9.17) is 9.47 Å². The molecule has 0 aliphatic heterocycles. The molecule has 0 unspecified atom stereocenters. The van der Waals surface area contributed by atoms with Crippen LogP contribution in [-0.2, 0) is 18.4 Å². The Kier molecular flexibility index (Phi) is 6.02. The molecule has 0 aliphatic rings. The molecule has 0 radical (unpaired) electrons. The number of nitrogens with one attached hydrogen (secondary N) is 1. The molecule has 136 valence electrons. The van der Waals surface area contributed by atoms with E-state index in [2.05, 4.69) is 25.7 Å². The molecule has 2 heterocycles. The van der Waals surface area contributed by atoms with Crippen LogP contribution in [-0.4, -0.2) is 43.7 Å². The number of amides is 1. The molecule has 1 amide bonds. The van der Waals surface area contributed by atoms with Crippen LogP contribution in [0.2, 0.25) is 0 Å². The van der Waals surface area contributed by atoms with Gasteiger partial charge in [-0.2, -0.15) is 0 Å². The van der Waals surface area contributed by atoms with Gasteiger partial charge in [0.15, 0.2) is 11.0 Å². The number of hydrogen-bond acceptors (Lipinski definition) is 9. The summed E-state index contributed by atoms with van der Waals surface area (Å²) in [4.78, 5) is 11.9. The fourth-order valence-corrected chi connectivity index (χ4v) is 3.12. The number of ether oxygens (including phenoxy) is 2. The predicted octanol–water partition coefficient (Wildman–Crippen LogP) is 1.98. The van der Waals surface area contributed by atoms with Crippen molar-refractivity contribution in [3.8, 4) is 11.5 Å². The van der Waals surface area contributed by atoms with E-state index >= 15 is 0 Å². The van der Waals surface area contributed by atoms with Gasteiger partial charge in [-0.1, -0.05) is 23.1 Å². The van der Waals surface area contributed by atoms with E-state index < -0.39 is 0 Å². The van der Waals surface area contributed by atoms with Gasteiger partial charge in [0.1, 0.15) is 23.6 Å². The maximum atomic E-state index is 11.9. The van der Waals surface area contributed by atoms with E-state index in [1.54, 1.807) is 17.2 Å². The highest BCUT2D eigenvalue weighted by atomic mass is 32.2. The molecule has 0 bridgehead atoms. The Bertz CT molecular complexity index is 851. The maximum Gasteiger partial charge on any atom is 0.236 e. The van der Waals surface area contributed by atoms with Gasteiger partial charge in [-0.15, -0.1) is 20.4 Å². The SMILES string of the molecule is COc1ccc(OCc2nnc(SCC(=O)Nc3nncs3)n2C)cc1. The van der Waals surface area contributed by atoms with E-state index in [0.717, 1.165) is 5.75 Å². The molecule has 0 fully saturated rings. The highest BCUT2D eigenvalue weighted by Crippen LogP contribution is 2.20. The Hall–Kier alpha value is -2.66. The molecule has 11 heteroatoms. The Labute approximate surface area is 157 Å². The Morgan fingerprint density at radius 3 is 2.69 bits per heavy atom. The molecule has 0 saturated heterocycles. The van der Waals surface area contributed by atoms with Crippen molar-refractivity contribution >= 4 is 34.1 Å². The smallest absolute Gasteiger partial charge is 0.236 e. The average Bonchev–Trinajstić information content (AvgIpc) is 3.29. The zero-order valence-corrected chi connectivity index (χ0v) is 15.7. The second-order valence-corrected chi connectivity index (χ2v) is 6.78. The fourth-order valence-electron chi connectivity index (χ4n) is 1.93. The summed E-state index contributed by atoms with van der Waals surface area (Å²) in [5, 5.41) is 19.4. The largest absolute Gasteiger partial charge is 0.497 e. The maximum absolute atomic E-state index is 11.9. The quantitative estimate of drug-likeness (QED) is 0.581. The van der Waals surface area contributed by atoms with Crippen molar-refractivity contribution in [1.29, 1.82) is 0 Å². The number of benzene rings is 1. The number of carbonyl (C=O) groups excluding carboxylic acids is 1. The minimum Gasteiger partial charge on any atom is -0.497 e. The molecular weight excluding hydrogens is 376 g/mol. The number of carbonyl (C=O) groups is 1. The van der Waals surface area contributed by atoms with Crippen molar-refractivity contribution in [3.63, 3.8) is 0 Å². The Morgan fingerprint density at radius 2 is 2.00 bits per heavy atom. The summed E-state index contributed by atoms with van der Waals surface area (Å²) in [6.45, 7) is 0.271. The number of methoxy groups -OCH3 is 1. The Morgan fingerprint density at radius 1 is 1.23 bits per heavy atom. The molecule has 3 rings (SSSR count). The van der Waals surface area contributed by atoms with E-state index in [9.17, 15) is 4.79 Å². The molecule has 0 saturated carbocycles. The summed E-state index contributed by atoms with van der Waals surface area (Å²) in [7, 11) is 3.44. The number of hydrogen-bond donors (Lipinski definition) is 1. The van der Waals surface area contributed by atoms with Crippen LogP contribution >= 0.6 is 23.1 Å². The normalized spacial score (nSPS) is 10.5. The topological polar surface area (TPSA) is 104 Å². The summed E-state index contributed by atoms with van der Waals surface area (Å²) in [5.41, 5.74) is 1.56. The molecule has 2 aromatic heterocycles. The van der Waals surface area contributed by atoms with Gasteiger partial charge in [0.05, 0.1) is 12.9 Å². The van der Waals surface area contributed by atoms with Crippen LogP contribution in [0.25, 0.3) is 0 Å². The molecule has 3 aromatic rings. The van der Waals surface area contributed by atoms with Crippen molar-refractivity contribution < 1.29 is 14.3 Å². The first kappa shape index (κ1) is 18.1. The van der Waals surface area contributed by atoms with Crippen LogP contribution in [0.3, 0.4) is 0 Å². The summed E-state index contributed by atoms with van der Waals surface area (Å²) < 4.78 is 12.6. The molecule has 0 atom stereocenters. The first-order valence-electron chi connectivity index (χ1n) is 7.49. The minimum absolute atomic E-state index is 0.175. The number of thioether (sulfide) groups is 1. The van der Waals surface area contributed by atoms with Crippen LogP contribution < -0.4 is 14.8 Å². The van der Waals surface area contributed by atoms with Gasteiger partial charge in [0.25, 0.3) is 0 Å². The number of anilines is 1. The minimum atomic E-state index is -0.175. The second-order valence-electron chi connectivity index (χ2n) is 5.00. The first-order chi connectivity index (χ1) is 12.7. The third-order valence-corrected chi connectivity index (χ3v) is 4.92. The fraction of sp³-hybridized carbons (Fsp3) is 0.267. The first-order valence-corrected chi connectivity index (χ1v) is 9.36. The molecule has 0 spiro atoms. The lowest BCUT2D eigenvalue weighted by molar-refractivity contribution is -0.113. The van der Waals surface area contributed by atoms with Crippen molar-refractivity contribution in [2.75, 3.05) is 18.2 Å². The molecule has 9 nitrogen and oxygen atoms in total.